The topological polar surface area (TPSA) is 85.7 Å². The third kappa shape index (κ3) is 3.96. The first-order valence-electron chi connectivity index (χ1n) is 5.74. The third-order valence-corrected chi connectivity index (χ3v) is 2.18. The zero-order chi connectivity index (χ0) is 12.7. The SMILES string of the molecule is CCN=C(N)Nc1ccc(OCC)c(CN)c1. The van der Waals surface area contributed by atoms with Crippen molar-refractivity contribution in [2.45, 2.75) is 20.4 Å². The summed E-state index contributed by atoms with van der Waals surface area (Å²) in [5, 5.41) is 3.00. The highest BCUT2D eigenvalue weighted by Gasteiger charge is 2.03. The minimum Gasteiger partial charge on any atom is -0.494 e. The van der Waals surface area contributed by atoms with Crippen LogP contribution in [0.1, 0.15) is 19.4 Å². The monoisotopic (exact) mass is 236 g/mol. The average Bonchev–Trinajstić information content (AvgIpc) is 2.31. The van der Waals surface area contributed by atoms with Gasteiger partial charge in [-0.1, -0.05) is 0 Å². The second kappa shape index (κ2) is 6.75. The molecule has 0 unspecified atom stereocenters. The second-order valence-electron chi connectivity index (χ2n) is 3.44. The maximum absolute atomic E-state index is 5.68. The summed E-state index contributed by atoms with van der Waals surface area (Å²) in [6.45, 7) is 5.57. The molecule has 0 saturated carbocycles. The lowest BCUT2D eigenvalue weighted by molar-refractivity contribution is 0.336. The van der Waals surface area contributed by atoms with Gasteiger partial charge in [-0.25, -0.2) is 0 Å². The van der Waals surface area contributed by atoms with E-state index in [0.29, 0.717) is 25.7 Å². The van der Waals surface area contributed by atoms with Crippen LogP contribution in [-0.4, -0.2) is 19.1 Å². The maximum Gasteiger partial charge on any atom is 0.193 e. The van der Waals surface area contributed by atoms with Crippen molar-refractivity contribution in [3.05, 3.63) is 23.8 Å². The minimum atomic E-state index is 0.402. The molecule has 94 valence electrons. The Labute approximate surface area is 102 Å². The molecule has 1 aromatic rings. The van der Waals surface area contributed by atoms with Crippen molar-refractivity contribution < 1.29 is 4.74 Å². The zero-order valence-electron chi connectivity index (χ0n) is 10.4. The summed E-state index contributed by atoms with van der Waals surface area (Å²) in [5.74, 6) is 1.21. The Hall–Kier alpha value is -1.75. The number of hydrogen-bond acceptors (Lipinski definition) is 3. The molecule has 1 rings (SSSR count). The van der Waals surface area contributed by atoms with Crippen LogP contribution in [0.2, 0.25) is 0 Å². The number of guanidine groups is 1. The largest absolute Gasteiger partial charge is 0.494 e. The number of benzene rings is 1. The van der Waals surface area contributed by atoms with Gasteiger partial charge in [0.05, 0.1) is 6.61 Å². The second-order valence-corrected chi connectivity index (χ2v) is 3.44. The molecule has 5 N–H and O–H groups in total. The van der Waals surface area contributed by atoms with E-state index in [1.165, 1.54) is 0 Å². The number of rotatable bonds is 5. The van der Waals surface area contributed by atoms with Crippen LogP contribution in [0.15, 0.2) is 23.2 Å². The Morgan fingerprint density at radius 3 is 2.76 bits per heavy atom. The summed E-state index contributed by atoms with van der Waals surface area (Å²) in [7, 11) is 0. The Morgan fingerprint density at radius 1 is 1.41 bits per heavy atom. The van der Waals surface area contributed by atoms with Gasteiger partial charge in [-0.3, -0.25) is 4.99 Å². The van der Waals surface area contributed by atoms with E-state index >= 15 is 0 Å². The first-order valence-corrected chi connectivity index (χ1v) is 5.74. The summed E-state index contributed by atoms with van der Waals surface area (Å²) in [4.78, 5) is 4.05. The van der Waals surface area contributed by atoms with E-state index in [4.69, 9.17) is 16.2 Å². The van der Waals surface area contributed by atoms with Gasteiger partial charge < -0.3 is 21.5 Å². The van der Waals surface area contributed by atoms with E-state index in [-0.39, 0.29) is 0 Å². The smallest absolute Gasteiger partial charge is 0.193 e. The minimum absolute atomic E-state index is 0.402. The van der Waals surface area contributed by atoms with Crippen LogP contribution in [0.5, 0.6) is 5.75 Å². The number of anilines is 1. The lowest BCUT2D eigenvalue weighted by Crippen LogP contribution is -2.22. The highest BCUT2D eigenvalue weighted by molar-refractivity contribution is 5.92. The van der Waals surface area contributed by atoms with Gasteiger partial charge >= 0.3 is 0 Å². The predicted molar refractivity (Wildman–Crippen MR) is 71.3 cm³/mol. The van der Waals surface area contributed by atoms with Gasteiger partial charge in [0.15, 0.2) is 5.96 Å². The van der Waals surface area contributed by atoms with Crippen molar-refractivity contribution in [1.82, 2.24) is 0 Å². The first kappa shape index (κ1) is 13.3. The van der Waals surface area contributed by atoms with E-state index in [2.05, 4.69) is 10.3 Å². The van der Waals surface area contributed by atoms with Crippen LogP contribution in [0.25, 0.3) is 0 Å². The molecule has 0 aliphatic carbocycles. The van der Waals surface area contributed by atoms with Crippen molar-refractivity contribution in [2.75, 3.05) is 18.5 Å². The van der Waals surface area contributed by atoms with Gasteiger partial charge in [-0.2, -0.15) is 0 Å². The van der Waals surface area contributed by atoms with Gasteiger partial charge in [-0.15, -0.1) is 0 Å². The van der Waals surface area contributed by atoms with Gasteiger partial charge in [0.2, 0.25) is 0 Å². The number of aliphatic imine (C=N–C) groups is 1. The van der Waals surface area contributed by atoms with E-state index in [9.17, 15) is 0 Å². The summed E-state index contributed by atoms with van der Waals surface area (Å²) < 4.78 is 5.47. The molecule has 0 fully saturated rings. The summed E-state index contributed by atoms with van der Waals surface area (Å²) in [5.41, 5.74) is 13.2. The summed E-state index contributed by atoms with van der Waals surface area (Å²) >= 11 is 0. The van der Waals surface area contributed by atoms with Gasteiger partial charge in [0.1, 0.15) is 5.75 Å². The Bertz CT molecular complexity index is 390. The Morgan fingerprint density at radius 2 is 2.18 bits per heavy atom. The Balaban J connectivity index is 2.85. The molecule has 0 amide bonds. The Kier molecular flexibility index (Phi) is 5.29. The lowest BCUT2D eigenvalue weighted by Gasteiger charge is -2.11. The molecule has 0 saturated heterocycles. The normalized spacial score (nSPS) is 11.4. The molecule has 1 aromatic carbocycles. The zero-order valence-corrected chi connectivity index (χ0v) is 10.4. The standard InChI is InChI=1S/C12H20N4O/c1-3-15-12(14)16-10-5-6-11(17-4-2)9(7-10)8-13/h5-7H,3-4,8,13H2,1-2H3,(H3,14,15,16). The predicted octanol–water partition coefficient (Wildman–Crippen LogP) is 1.29. The molecule has 5 heteroatoms. The van der Waals surface area contributed by atoms with Crippen molar-refractivity contribution in [1.29, 1.82) is 0 Å². The molecule has 5 nitrogen and oxygen atoms in total. The van der Waals surface area contributed by atoms with E-state index < -0.39 is 0 Å². The van der Waals surface area contributed by atoms with E-state index in [1.54, 1.807) is 0 Å². The summed E-state index contributed by atoms with van der Waals surface area (Å²) in [6, 6.07) is 5.69. The highest BCUT2D eigenvalue weighted by atomic mass is 16.5. The molecular formula is C12H20N4O. The maximum atomic E-state index is 5.68. The fraction of sp³-hybridized carbons (Fsp3) is 0.417. The molecule has 0 spiro atoms. The van der Waals surface area contributed by atoms with Gasteiger partial charge in [0, 0.05) is 24.3 Å². The van der Waals surface area contributed by atoms with Crippen LogP contribution in [0.3, 0.4) is 0 Å². The molecule has 0 atom stereocenters. The van der Waals surface area contributed by atoms with Crippen molar-refractivity contribution >= 4 is 11.6 Å². The third-order valence-electron chi connectivity index (χ3n) is 2.18. The van der Waals surface area contributed by atoms with Gasteiger partial charge in [-0.05, 0) is 32.0 Å². The number of ether oxygens (including phenoxy) is 1. The lowest BCUT2D eigenvalue weighted by atomic mass is 10.2. The number of nitrogens with zero attached hydrogens (tertiary/aromatic N) is 1. The molecule has 0 aliphatic rings. The molecular weight excluding hydrogens is 216 g/mol. The molecule has 0 aliphatic heterocycles. The molecule has 0 heterocycles. The van der Waals surface area contributed by atoms with Crippen LogP contribution in [0, 0.1) is 0 Å². The van der Waals surface area contributed by atoms with Crippen molar-refractivity contribution in [3.63, 3.8) is 0 Å². The quantitative estimate of drug-likeness (QED) is 0.531. The van der Waals surface area contributed by atoms with E-state index in [0.717, 1.165) is 17.0 Å². The summed E-state index contributed by atoms with van der Waals surface area (Å²) in [6.07, 6.45) is 0. The molecule has 0 bridgehead atoms. The first-order chi connectivity index (χ1) is 8.21. The average molecular weight is 236 g/mol. The van der Waals surface area contributed by atoms with Crippen LogP contribution in [0.4, 0.5) is 5.69 Å². The van der Waals surface area contributed by atoms with Crippen LogP contribution < -0.4 is 21.5 Å². The number of hydrogen-bond donors (Lipinski definition) is 3. The van der Waals surface area contributed by atoms with Crippen molar-refractivity contribution in [3.8, 4) is 5.75 Å². The molecule has 0 aromatic heterocycles. The number of nitrogens with one attached hydrogen (secondary N) is 1. The van der Waals surface area contributed by atoms with Crippen LogP contribution in [-0.2, 0) is 6.54 Å². The fourth-order valence-electron chi connectivity index (χ4n) is 1.47. The fourth-order valence-corrected chi connectivity index (χ4v) is 1.47. The van der Waals surface area contributed by atoms with Gasteiger partial charge in [0.25, 0.3) is 0 Å². The van der Waals surface area contributed by atoms with E-state index in [1.807, 2.05) is 32.0 Å². The molecule has 17 heavy (non-hydrogen) atoms. The van der Waals surface area contributed by atoms with Crippen molar-refractivity contribution in [2.24, 2.45) is 16.5 Å². The molecule has 0 radical (unpaired) electrons. The van der Waals surface area contributed by atoms with Crippen LogP contribution >= 0.6 is 0 Å². The highest BCUT2D eigenvalue weighted by Crippen LogP contribution is 2.22. The number of nitrogens with two attached hydrogens (primary N) is 2.